The maximum absolute atomic E-state index is 5.80. The molecule has 6 heteroatoms. The van der Waals surface area contributed by atoms with E-state index in [-0.39, 0.29) is 0 Å². The maximum atomic E-state index is 5.80. The zero-order valence-corrected chi connectivity index (χ0v) is 11.1. The quantitative estimate of drug-likeness (QED) is 0.791. The summed E-state index contributed by atoms with van der Waals surface area (Å²) in [6.45, 7) is 0.693. The summed E-state index contributed by atoms with van der Waals surface area (Å²) in [5.74, 6) is 0.748. The van der Waals surface area contributed by atoms with Crippen LogP contribution in [0.2, 0.25) is 0 Å². The molecule has 0 unspecified atom stereocenters. The monoisotopic (exact) mass is 272 g/mol. The summed E-state index contributed by atoms with van der Waals surface area (Å²) in [4.78, 5) is 4.30. The number of ether oxygens (including phenoxy) is 1. The Morgan fingerprint density at radius 3 is 3.05 bits per heavy atom. The van der Waals surface area contributed by atoms with Gasteiger partial charge in [0.05, 0.1) is 5.52 Å². The second-order valence-electron chi connectivity index (χ2n) is 3.92. The zero-order chi connectivity index (χ0) is 13.1. The third kappa shape index (κ3) is 2.54. The van der Waals surface area contributed by atoms with E-state index in [9.17, 15) is 0 Å². The van der Waals surface area contributed by atoms with E-state index in [1.54, 1.807) is 6.20 Å². The van der Waals surface area contributed by atoms with Gasteiger partial charge in [-0.05, 0) is 31.3 Å². The topological polar surface area (TPSA) is 59.9 Å². The van der Waals surface area contributed by atoms with Crippen molar-refractivity contribution in [2.75, 3.05) is 7.05 Å². The summed E-state index contributed by atoms with van der Waals surface area (Å²) < 4.78 is 5.80. The van der Waals surface area contributed by atoms with Gasteiger partial charge >= 0.3 is 0 Å². The highest BCUT2D eigenvalue weighted by molar-refractivity contribution is 7.13. The first kappa shape index (κ1) is 12.0. The van der Waals surface area contributed by atoms with Crippen molar-refractivity contribution < 1.29 is 4.74 Å². The van der Waals surface area contributed by atoms with E-state index >= 15 is 0 Å². The minimum atomic E-state index is 0.543. The van der Waals surface area contributed by atoms with Gasteiger partial charge in [0, 0.05) is 18.1 Å². The molecule has 96 valence electrons. The number of benzene rings is 1. The third-order valence-electron chi connectivity index (χ3n) is 2.58. The normalized spacial score (nSPS) is 10.8. The molecule has 19 heavy (non-hydrogen) atoms. The lowest BCUT2D eigenvalue weighted by Gasteiger charge is -2.04. The van der Waals surface area contributed by atoms with Gasteiger partial charge in [0.25, 0.3) is 5.19 Å². The fraction of sp³-hybridized carbons (Fsp3) is 0.154. The van der Waals surface area contributed by atoms with Gasteiger partial charge in [-0.3, -0.25) is 4.98 Å². The van der Waals surface area contributed by atoms with E-state index < -0.39 is 0 Å². The average Bonchev–Trinajstić information content (AvgIpc) is 2.87. The molecule has 0 atom stereocenters. The van der Waals surface area contributed by atoms with Gasteiger partial charge in [-0.2, -0.15) is 0 Å². The fourth-order valence-corrected chi connectivity index (χ4v) is 2.47. The standard InChI is InChI=1S/C13H12N4OS/c1-14-8-12-16-17-13(19-12)18-11-6-2-5-10-9(11)4-3-7-15-10/h2-7,14H,8H2,1H3. The maximum Gasteiger partial charge on any atom is 0.299 e. The molecule has 0 spiro atoms. The Hall–Kier alpha value is -2.05. The van der Waals surface area contributed by atoms with Crippen molar-refractivity contribution in [2.24, 2.45) is 0 Å². The number of hydrogen-bond donors (Lipinski definition) is 1. The lowest BCUT2D eigenvalue weighted by Crippen LogP contribution is -2.04. The van der Waals surface area contributed by atoms with Gasteiger partial charge in [0.15, 0.2) is 0 Å². The van der Waals surface area contributed by atoms with Crippen LogP contribution in [0.3, 0.4) is 0 Å². The number of fused-ring (bicyclic) bond motifs is 1. The molecular weight excluding hydrogens is 260 g/mol. The van der Waals surface area contributed by atoms with Crippen LogP contribution in [-0.2, 0) is 6.54 Å². The Bertz CT molecular complexity index is 692. The van der Waals surface area contributed by atoms with Crippen LogP contribution in [0.25, 0.3) is 10.9 Å². The Balaban J connectivity index is 1.92. The molecule has 0 bridgehead atoms. The fourth-order valence-electron chi connectivity index (χ4n) is 1.76. The van der Waals surface area contributed by atoms with E-state index in [0.717, 1.165) is 21.7 Å². The second-order valence-corrected chi connectivity index (χ2v) is 4.94. The van der Waals surface area contributed by atoms with Crippen LogP contribution in [-0.4, -0.2) is 22.2 Å². The van der Waals surface area contributed by atoms with Crippen molar-refractivity contribution in [1.29, 1.82) is 0 Å². The second kappa shape index (κ2) is 5.29. The molecule has 3 aromatic rings. The van der Waals surface area contributed by atoms with E-state index in [1.165, 1.54) is 11.3 Å². The number of rotatable bonds is 4. The molecule has 0 aliphatic rings. The van der Waals surface area contributed by atoms with Crippen LogP contribution in [0.15, 0.2) is 36.5 Å². The number of pyridine rings is 1. The third-order valence-corrected chi connectivity index (χ3v) is 3.38. The lowest BCUT2D eigenvalue weighted by molar-refractivity contribution is 0.478. The summed E-state index contributed by atoms with van der Waals surface area (Å²) in [5.41, 5.74) is 0.903. The van der Waals surface area contributed by atoms with Crippen molar-refractivity contribution in [3.8, 4) is 10.9 Å². The SMILES string of the molecule is CNCc1nnc(Oc2cccc3ncccc23)s1. The van der Waals surface area contributed by atoms with Crippen molar-refractivity contribution in [3.63, 3.8) is 0 Å². The molecule has 0 aliphatic carbocycles. The van der Waals surface area contributed by atoms with Gasteiger partial charge in [-0.25, -0.2) is 0 Å². The minimum absolute atomic E-state index is 0.543. The Labute approximate surface area is 114 Å². The zero-order valence-electron chi connectivity index (χ0n) is 10.3. The van der Waals surface area contributed by atoms with Crippen molar-refractivity contribution in [2.45, 2.75) is 6.54 Å². The van der Waals surface area contributed by atoms with Gasteiger partial charge in [0.1, 0.15) is 10.8 Å². The molecule has 1 N–H and O–H groups in total. The molecule has 2 aromatic heterocycles. The van der Waals surface area contributed by atoms with Crippen LogP contribution in [0.5, 0.6) is 10.9 Å². The molecule has 0 fully saturated rings. The molecular formula is C13H12N4OS. The largest absolute Gasteiger partial charge is 0.429 e. The molecule has 0 saturated heterocycles. The van der Waals surface area contributed by atoms with E-state index in [0.29, 0.717) is 11.7 Å². The van der Waals surface area contributed by atoms with Crippen LogP contribution >= 0.6 is 11.3 Å². The van der Waals surface area contributed by atoms with Gasteiger partial charge in [-0.15, -0.1) is 5.10 Å². The number of aromatic nitrogens is 3. The number of hydrogen-bond acceptors (Lipinski definition) is 6. The summed E-state index contributed by atoms with van der Waals surface area (Å²) >= 11 is 1.43. The van der Waals surface area contributed by atoms with Gasteiger partial charge in [-0.1, -0.05) is 22.5 Å². The van der Waals surface area contributed by atoms with Crippen LogP contribution in [0.1, 0.15) is 5.01 Å². The minimum Gasteiger partial charge on any atom is -0.429 e. The van der Waals surface area contributed by atoms with E-state index in [4.69, 9.17) is 4.74 Å². The van der Waals surface area contributed by atoms with Crippen molar-refractivity contribution >= 4 is 22.2 Å². The van der Waals surface area contributed by atoms with Crippen molar-refractivity contribution in [3.05, 3.63) is 41.5 Å². The molecule has 1 aromatic carbocycles. The smallest absolute Gasteiger partial charge is 0.299 e. The summed E-state index contributed by atoms with van der Waals surface area (Å²) in [5, 5.41) is 13.5. The molecule has 5 nitrogen and oxygen atoms in total. The molecule has 0 saturated carbocycles. The highest BCUT2D eigenvalue weighted by Gasteiger charge is 2.08. The van der Waals surface area contributed by atoms with E-state index in [2.05, 4.69) is 20.5 Å². The first-order valence-corrected chi connectivity index (χ1v) is 6.67. The average molecular weight is 272 g/mol. The first-order chi connectivity index (χ1) is 9.36. The molecule has 0 amide bonds. The van der Waals surface area contributed by atoms with Gasteiger partial charge in [0.2, 0.25) is 0 Å². The van der Waals surface area contributed by atoms with Crippen molar-refractivity contribution in [1.82, 2.24) is 20.5 Å². The molecule has 0 aliphatic heterocycles. The number of nitrogens with one attached hydrogen (secondary N) is 1. The van der Waals surface area contributed by atoms with Crippen LogP contribution < -0.4 is 10.1 Å². The summed E-state index contributed by atoms with van der Waals surface area (Å²) in [6.07, 6.45) is 1.77. The number of nitrogens with zero attached hydrogens (tertiary/aromatic N) is 3. The Morgan fingerprint density at radius 2 is 2.16 bits per heavy atom. The molecule has 0 radical (unpaired) electrons. The highest BCUT2D eigenvalue weighted by atomic mass is 32.1. The highest BCUT2D eigenvalue weighted by Crippen LogP contribution is 2.30. The summed E-state index contributed by atoms with van der Waals surface area (Å²) in [6, 6.07) is 9.65. The summed E-state index contributed by atoms with van der Waals surface area (Å²) in [7, 11) is 1.87. The Morgan fingerprint density at radius 1 is 1.21 bits per heavy atom. The van der Waals surface area contributed by atoms with E-state index in [1.807, 2.05) is 37.4 Å². The van der Waals surface area contributed by atoms with Gasteiger partial charge < -0.3 is 10.1 Å². The first-order valence-electron chi connectivity index (χ1n) is 5.85. The molecule has 2 heterocycles. The Kier molecular flexibility index (Phi) is 3.35. The van der Waals surface area contributed by atoms with Crippen LogP contribution in [0.4, 0.5) is 0 Å². The predicted molar refractivity (Wildman–Crippen MR) is 74.5 cm³/mol. The lowest BCUT2D eigenvalue weighted by atomic mass is 10.2. The molecule has 3 rings (SSSR count). The van der Waals surface area contributed by atoms with Crippen LogP contribution in [0, 0.1) is 0 Å². The predicted octanol–water partition coefficient (Wildman–Crippen LogP) is 2.60.